The molecule has 0 amide bonds. The standard InChI is InChI=1S/C19H18N2O2S/c1-13-8-9-14(2)16(10-13)17(22)12-24-19-21-20-18(23-19)11-15-6-4-3-5-7-15/h3-10H,11-12H2,1-2H3. The summed E-state index contributed by atoms with van der Waals surface area (Å²) in [5, 5.41) is 8.49. The first-order valence-electron chi connectivity index (χ1n) is 7.71. The van der Waals surface area contributed by atoms with E-state index in [1.54, 1.807) is 0 Å². The normalized spacial score (nSPS) is 10.8. The Morgan fingerprint density at radius 3 is 2.67 bits per heavy atom. The van der Waals surface area contributed by atoms with E-state index in [0.717, 1.165) is 22.3 Å². The number of nitrogens with zero attached hydrogens (tertiary/aromatic N) is 2. The van der Waals surface area contributed by atoms with Gasteiger partial charge in [-0.1, -0.05) is 59.8 Å². The van der Waals surface area contributed by atoms with Crippen LogP contribution in [0.2, 0.25) is 0 Å². The van der Waals surface area contributed by atoms with Crippen LogP contribution in [-0.2, 0) is 6.42 Å². The summed E-state index contributed by atoms with van der Waals surface area (Å²) < 4.78 is 5.62. The highest BCUT2D eigenvalue weighted by Crippen LogP contribution is 2.20. The molecule has 122 valence electrons. The summed E-state index contributed by atoms with van der Waals surface area (Å²) in [6.45, 7) is 3.93. The fourth-order valence-electron chi connectivity index (χ4n) is 2.38. The van der Waals surface area contributed by atoms with Gasteiger partial charge in [-0.15, -0.1) is 10.2 Å². The van der Waals surface area contributed by atoms with Crippen LogP contribution in [0.3, 0.4) is 0 Å². The summed E-state index contributed by atoms with van der Waals surface area (Å²) in [6, 6.07) is 15.9. The Bertz CT molecular complexity index is 844. The van der Waals surface area contributed by atoms with Gasteiger partial charge < -0.3 is 4.42 Å². The second-order valence-electron chi connectivity index (χ2n) is 5.65. The minimum Gasteiger partial charge on any atom is -0.416 e. The van der Waals surface area contributed by atoms with Crippen LogP contribution in [0.15, 0.2) is 58.2 Å². The number of ketones is 1. The maximum atomic E-state index is 12.4. The molecule has 4 nitrogen and oxygen atoms in total. The van der Waals surface area contributed by atoms with E-state index in [1.165, 1.54) is 11.8 Å². The summed E-state index contributed by atoms with van der Waals surface area (Å²) in [4.78, 5) is 12.4. The lowest BCUT2D eigenvalue weighted by Crippen LogP contribution is -2.05. The number of aromatic nitrogens is 2. The first-order chi connectivity index (χ1) is 11.6. The van der Waals surface area contributed by atoms with Crippen LogP contribution in [0.5, 0.6) is 0 Å². The smallest absolute Gasteiger partial charge is 0.277 e. The molecule has 2 aromatic carbocycles. The molecule has 0 spiro atoms. The lowest BCUT2D eigenvalue weighted by molar-refractivity contribution is 0.102. The van der Waals surface area contributed by atoms with Crippen LogP contribution in [0, 0.1) is 13.8 Å². The zero-order chi connectivity index (χ0) is 16.9. The maximum absolute atomic E-state index is 12.4. The molecule has 0 aliphatic heterocycles. The molecule has 3 rings (SSSR count). The number of hydrogen-bond acceptors (Lipinski definition) is 5. The largest absolute Gasteiger partial charge is 0.416 e. The molecule has 0 radical (unpaired) electrons. The van der Waals surface area contributed by atoms with Gasteiger partial charge in [-0.25, -0.2) is 0 Å². The molecule has 0 saturated carbocycles. The van der Waals surface area contributed by atoms with Crippen molar-refractivity contribution in [1.82, 2.24) is 10.2 Å². The van der Waals surface area contributed by atoms with Crippen LogP contribution in [-0.4, -0.2) is 21.7 Å². The van der Waals surface area contributed by atoms with E-state index in [4.69, 9.17) is 4.42 Å². The summed E-state index contributed by atoms with van der Waals surface area (Å²) in [7, 11) is 0. The van der Waals surface area contributed by atoms with Crippen LogP contribution in [0.1, 0.15) is 32.9 Å². The van der Waals surface area contributed by atoms with Gasteiger partial charge in [0.1, 0.15) is 0 Å². The van der Waals surface area contributed by atoms with Gasteiger partial charge in [0.2, 0.25) is 5.89 Å². The van der Waals surface area contributed by atoms with Crippen molar-refractivity contribution < 1.29 is 9.21 Å². The van der Waals surface area contributed by atoms with Crippen molar-refractivity contribution in [2.24, 2.45) is 0 Å². The highest BCUT2D eigenvalue weighted by atomic mass is 32.2. The molecule has 0 N–H and O–H groups in total. The quantitative estimate of drug-likeness (QED) is 0.497. The molecule has 0 unspecified atom stereocenters. The Labute approximate surface area is 145 Å². The number of benzene rings is 2. The molecule has 0 fully saturated rings. The van der Waals surface area contributed by atoms with Gasteiger partial charge in [0, 0.05) is 5.56 Å². The third kappa shape index (κ3) is 4.11. The fourth-order valence-corrected chi connectivity index (χ4v) is 3.04. The Kier molecular flexibility index (Phi) is 5.11. The summed E-state index contributed by atoms with van der Waals surface area (Å²) in [5.41, 5.74) is 3.94. The number of aryl methyl sites for hydroxylation is 2. The molecule has 1 heterocycles. The Balaban J connectivity index is 1.61. The third-order valence-electron chi connectivity index (χ3n) is 3.67. The highest BCUT2D eigenvalue weighted by Gasteiger charge is 2.13. The van der Waals surface area contributed by atoms with E-state index >= 15 is 0 Å². The number of rotatable bonds is 6. The molecule has 3 aromatic rings. The number of Topliss-reactive ketones (excluding diaryl/α,β-unsaturated/α-hetero) is 1. The van der Waals surface area contributed by atoms with E-state index in [0.29, 0.717) is 17.5 Å². The van der Waals surface area contributed by atoms with Crippen molar-refractivity contribution in [3.05, 3.63) is 76.7 Å². The van der Waals surface area contributed by atoms with Gasteiger partial charge in [-0.3, -0.25) is 4.79 Å². The van der Waals surface area contributed by atoms with Gasteiger partial charge in [0.05, 0.1) is 12.2 Å². The van der Waals surface area contributed by atoms with Gasteiger partial charge in [0.25, 0.3) is 5.22 Å². The molecule has 24 heavy (non-hydrogen) atoms. The van der Waals surface area contributed by atoms with Crippen molar-refractivity contribution in [2.75, 3.05) is 5.75 Å². The van der Waals surface area contributed by atoms with Crippen LogP contribution in [0.4, 0.5) is 0 Å². The van der Waals surface area contributed by atoms with Crippen LogP contribution in [0.25, 0.3) is 0 Å². The SMILES string of the molecule is Cc1ccc(C)c(C(=O)CSc2nnc(Cc3ccccc3)o2)c1. The predicted molar refractivity (Wildman–Crippen MR) is 94.5 cm³/mol. The van der Waals surface area contributed by atoms with E-state index in [9.17, 15) is 4.79 Å². The topological polar surface area (TPSA) is 56.0 Å². The predicted octanol–water partition coefficient (Wildman–Crippen LogP) is 4.25. The zero-order valence-electron chi connectivity index (χ0n) is 13.7. The Morgan fingerprint density at radius 1 is 1.08 bits per heavy atom. The number of hydrogen-bond donors (Lipinski definition) is 0. The average molecular weight is 338 g/mol. The first kappa shape index (κ1) is 16.5. The van der Waals surface area contributed by atoms with Crippen LogP contribution >= 0.6 is 11.8 Å². The summed E-state index contributed by atoms with van der Waals surface area (Å²) in [6.07, 6.45) is 0.597. The Morgan fingerprint density at radius 2 is 1.88 bits per heavy atom. The molecule has 0 atom stereocenters. The van der Waals surface area contributed by atoms with Crippen molar-refractivity contribution in [2.45, 2.75) is 25.5 Å². The van der Waals surface area contributed by atoms with Gasteiger partial charge >= 0.3 is 0 Å². The molecular formula is C19H18N2O2S. The lowest BCUT2D eigenvalue weighted by Gasteiger charge is -2.04. The minimum atomic E-state index is 0.0732. The monoisotopic (exact) mass is 338 g/mol. The highest BCUT2D eigenvalue weighted by molar-refractivity contribution is 7.99. The lowest BCUT2D eigenvalue weighted by atomic mass is 10.0. The molecule has 0 bridgehead atoms. The van der Waals surface area contributed by atoms with Gasteiger partial charge in [-0.2, -0.15) is 0 Å². The maximum Gasteiger partial charge on any atom is 0.277 e. The van der Waals surface area contributed by atoms with Crippen molar-refractivity contribution in [1.29, 1.82) is 0 Å². The van der Waals surface area contributed by atoms with Crippen molar-refractivity contribution in [3.8, 4) is 0 Å². The van der Waals surface area contributed by atoms with E-state index < -0.39 is 0 Å². The molecule has 0 aliphatic rings. The van der Waals surface area contributed by atoms with Crippen LogP contribution < -0.4 is 0 Å². The number of carbonyl (C=O) groups is 1. The van der Waals surface area contributed by atoms with Gasteiger partial charge in [0.15, 0.2) is 5.78 Å². The first-order valence-corrected chi connectivity index (χ1v) is 8.70. The summed E-state index contributed by atoms with van der Waals surface area (Å²) in [5.74, 6) is 0.920. The molecule has 0 saturated heterocycles. The van der Waals surface area contributed by atoms with E-state index in [2.05, 4.69) is 10.2 Å². The summed E-state index contributed by atoms with van der Waals surface area (Å²) >= 11 is 1.28. The molecule has 1 aromatic heterocycles. The van der Waals surface area contributed by atoms with Crippen molar-refractivity contribution >= 4 is 17.5 Å². The van der Waals surface area contributed by atoms with Gasteiger partial charge in [-0.05, 0) is 31.0 Å². The number of thioether (sulfide) groups is 1. The molecular weight excluding hydrogens is 320 g/mol. The minimum absolute atomic E-state index is 0.0732. The number of carbonyl (C=O) groups excluding carboxylic acids is 1. The average Bonchev–Trinajstić information content (AvgIpc) is 3.03. The Hall–Kier alpha value is -2.40. The molecule has 5 heteroatoms. The van der Waals surface area contributed by atoms with Crippen molar-refractivity contribution in [3.63, 3.8) is 0 Å². The fraction of sp³-hybridized carbons (Fsp3) is 0.211. The second kappa shape index (κ2) is 7.45. The third-order valence-corrected chi connectivity index (χ3v) is 4.49. The van der Waals surface area contributed by atoms with E-state index in [1.807, 2.05) is 62.4 Å². The second-order valence-corrected chi connectivity index (χ2v) is 6.58. The molecule has 0 aliphatic carbocycles. The van der Waals surface area contributed by atoms with E-state index in [-0.39, 0.29) is 11.5 Å². The zero-order valence-corrected chi connectivity index (χ0v) is 14.5.